The standard InChI is InChI=1S/C19H28ClNO3S/c1-13-10-16(20)4-5-18(13)19(22)14(2)11-21(12-15(19)3)17-6-8-25(23,24)9-7-17/h4-5,10,14-15,17,22H,6-9,11-12H2,1-3H3/t14-,15+,19?. The van der Waals surface area contributed by atoms with Gasteiger partial charge in [-0.05, 0) is 43.0 Å². The molecule has 2 saturated heterocycles. The van der Waals surface area contributed by atoms with Gasteiger partial charge < -0.3 is 5.11 Å². The molecule has 1 unspecified atom stereocenters. The van der Waals surface area contributed by atoms with Gasteiger partial charge in [-0.2, -0.15) is 0 Å². The van der Waals surface area contributed by atoms with E-state index in [-0.39, 0.29) is 23.3 Å². The summed E-state index contributed by atoms with van der Waals surface area (Å²) in [5.74, 6) is 0.707. The van der Waals surface area contributed by atoms with Crippen molar-refractivity contribution in [2.75, 3.05) is 24.6 Å². The minimum Gasteiger partial charge on any atom is -0.384 e. The number of hydrogen-bond acceptors (Lipinski definition) is 4. The second-order valence-electron chi connectivity index (χ2n) is 7.92. The summed E-state index contributed by atoms with van der Waals surface area (Å²) < 4.78 is 23.4. The van der Waals surface area contributed by atoms with Crippen LogP contribution in [0.2, 0.25) is 5.02 Å². The maximum absolute atomic E-state index is 11.7. The van der Waals surface area contributed by atoms with E-state index in [1.807, 2.05) is 25.1 Å². The van der Waals surface area contributed by atoms with Gasteiger partial charge in [0.25, 0.3) is 0 Å². The molecule has 2 aliphatic rings. The van der Waals surface area contributed by atoms with Gasteiger partial charge in [0.1, 0.15) is 9.84 Å². The average molecular weight is 386 g/mol. The van der Waals surface area contributed by atoms with Gasteiger partial charge in [-0.3, -0.25) is 4.90 Å². The maximum Gasteiger partial charge on any atom is 0.150 e. The lowest BCUT2D eigenvalue weighted by atomic mass is 9.69. The highest BCUT2D eigenvalue weighted by Gasteiger charge is 2.47. The van der Waals surface area contributed by atoms with Crippen molar-refractivity contribution < 1.29 is 13.5 Å². The molecule has 0 bridgehead atoms. The van der Waals surface area contributed by atoms with Crippen LogP contribution in [0.25, 0.3) is 0 Å². The minimum absolute atomic E-state index is 0.0645. The zero-order chi connectivity index (χ0) is 18.4. The van der Waals surface area contributed by atoms with Crippen molar-refractivity contribution in [2.24, 2.45) is 11.8 Å². The van der Waals surface area contributed by atoms with E-state index in [0.717, 1.165) is 24.2 Å². The van der Waals surface area contributed by atoms with E-state index in [2.05, 4.69) is 18.7 Å². The lowest BCUT2D eigenvalue weighted by molar-refractivity contribution is -0.121. The molecule has 6 heteroatoms. The molecule has 0 spiro atoms. The Kier molecular flexibility index (Phi) is 5.24. The van der Waals surface area contributed by atoms with Gasteiger partial charge in [-0.25, -0.2) is 8.42 Å². The zero-order valence-electron chi connectivity index (χ0n) is 15.2. The second kappa shape index (κ2) is 6.84. The number of rotatable bonds is 2. The van der Waals surface area contributed by atoms with E-state index in [9.17, 15) is 13.5 Å². The van der Waals surface area contributed by atoms with Crippen LogP contribution in [-0.2, 0) is 15.4 Å². The second-order valence-corrected chi connectivity index (χ2v) is 10.7. The predicted octanol–water partition coefficient (Wildman–Crippen LogP) is 3.00. The maximum atomic E-state index is 11.7. The van der Waals surface area contributed by atoms with Crippen LogP contribution >= 0.6 is 11.6 Å². The van der Waals surface area contributed by atoms with Crippen LogP contribution in [0.4, 0.5) is 0 Å². The van der Waals surface area contributed by atoms with Crippen LogP contribution in [0.5, 0.6) is 0 Å². The van der Waals surface area contributed by atoms with E-state index in [1.54, 1.807) is 0 Å². The van der Waals surface area contributed by atoms with Crippen molar-refractivity contribution in [1.29, 1.82) is 0 Å². The van der Waals surface area contributed by atoms with Gasteiger partial charge in [-0.15, -0.1) is 0 Å². The van der Waals surface area contributed by atoms with Crippen LogP contribution in [-0.4, -0.2) is 49.1 Å². The fraction of sp³-hybridized carbons (Fsp3) is 0.684. The number of benzene rings is 1. The molecule has 25 heavy (non-hydrogen) atoms. The van der Waals surface area contributed by atoms with Gasteiger partial charge in [-0.1, -0.05) is 31.5 Å². The van der Waals surface area contributed by atoms with Crippen LogP contribution in [0, 0.1) is 18.8 Å². The highest BCUT2D eigenvalue weighted by molar-refractivity contribution is 7.91. The summed E-state index contributed by atoms with van der Waals surface area (Å²) in [7, 11) is -2.85. The number of aryl methyl sites for hydroxylation is 1. The number of sulfone groups is 1. The van der Waals surface area contributed by atoms with E-state index < -0.39 is 15.4 Å². The highest BCUT2D eigenvalue weighted by Crippen LogP contribution is 2.43. The van der Waals surface area contributed by atoms with Gasteiger partial charge in [0.2, 0.25) is 0 Å². The lowest BCUT2D eigenvalue weighted by Gasteiger charge is -2.51. The Balaban J connectivity index is 1.80. The number of halogens is 1. The fourth-order valence-electron chi connectivity index (χ4n) is 4.69. The van der Waals surface area contributed by atoms with Crippen molar-refractivity contribution in [2.45, 2.75) is 45.3 Å². The Morgan fingerprint density at radius 1 is 1.16 bits per heavy atom. The Labute approximate surface area is 156 Å². The number of piperidine rings is 1. The van der Waals surface area contributed by atoms with Gasteiger partial charge in [0.15, 0.2) is 0 Å². The first-order chi connectivity index (χ1) is 11.6. The Bertz CT molecular complexity index is 723. The first kappa shape index (κ1) is 19.2. The summed E-state index contributed by atoms with van der Waals surface area (Å²) >= 11 is 6.08. The molecular formula is C19H28ClNO3S. The molecule has 2 fully saturated rings. The predicted molar refractivity (Wildman–Crippen MR) is 102 cm³/mol. The Hall–Kier alpha value is -0.620. The summed E-state index contributed by atoms with van der Waals surface area (Å²) in [5.41, 5.74) is 1.10. The van der Waals surface area contributed by atoms with Crippen molar-refractivity contribution in [3.8, 4) is 0 Å². The topological polar surface area (TPSA) is 57.6 Å². The molecule has 1 aromatic carbocycles. The first-order valence-corrected chi connectivity index (χ1v) is 11.3. The largest absolute Gasteiger partial charge is 0.384 e. The summed E-state index contributed by atoms with van der Waals surface area (Å²) in [5, 5.41) is 12.3. The molecule has 4 nitrogen and oxygen atoms in total. The van der Waals surface area contributed by atoms with Crippen LogP contribution in [0.1, 0.15) is 37.8 Å². The van der Waals surface area contributed by atoms with Crippen LogP contribution in [0.15, 0.2) is 18.2 Å². The minimum atomic E-state index is -2.85. The molecular weight excluding hydrogens is 358 g/mol. The van der Waals surface area contributed by atoms with Crippen LogP contribution in [0.3, 0.4) is 0 Å². The smallest absolute Gasteiger partial charge is 0.150 e. The molecule has 0 aromatic heterocycles. The quantitative estimate of drug-likeness (QED) is 0.850. The lowest BCUT2D eigenvalue weighted by Crippen LogP contribution is -2.58. The molecule has 0 aliphatic carbocycles. The number of nitrogens with zero attached hydrogens (tertiary/aromatic N) is 1. The molecule has 0 saturated carbocycles. The third-order valence-corrected chi connectivity index (χ3v) is 8.13. The molecule has 3 rings (SSSR count). The number of likely N-dealkylation sites (tertiary alicyclic amines) is 1. The van der Waals surface area contributed by atoms with E-state index in [0.29, 0.717) is 23.9 Å². The summed E-state index contributed by atoms with van der Waals surface area (Å²) in [6, 6.07) is 6.02. The molecule has 0 radical (unpaired) electrons. The van der Waals surface area contributed by atoms with Crippen molar-refractivity contribution in [3.05, 3.63) is 34.3 Å². The number of hydrogen-bond donors (Lipinski definition) is 1. The average Bonchev–Trinajstić information content (AvgIpc) is 2.52. The van der Waals surface area contributed by atoms with E-state index in [4.69, 9.17) is 11.6 Å². The van der Waals surface area contributed by atoms with Crippen molar-refractivity contribution >= 4 is 21.4 Å². The number of aliphatic hydroxyl groups is 1. The molecule has 1 N–H and O–H groups in total. The third kappa shape index (κ3) is 3.61. The molecule has 2 aliphatic heterocycles. The molecule has 3 atom stereocenters. The zero-order valence-corrected chi connectivity index (χ0v) is 16.8. The third-order valence-electron chi connectivity index (χ3n) is 6.18. The SMILES string of the molecule is Cc1cc(Cl)ccc1C1(O)[C@H](C)CN(C2CCS(=O)(=O)CC2)C[C@@H]1C. The monoisotopic (exact) mass is 385 g/mol. The highest BCUT2D eigenvalue weighted by atomic mass is 35.5. The van der Waals surface area contributed by atoms with Crippen molar-refractivity contribution in [3.63, 3.8) is 0 Å². The van der Waals surface area contributed by atoms with Crippen molar-refractivity contribution in [1.82, 2.24) is 4.90 Å². The Morgan fingerprint density at radius 3 is 2.24 bits per heavy atom. The van der Waals surface area contributed by atoms with E-state index in [1.165, 1.54) is 0 Å². The van der Waals surface area contributed by atoms with Gasteiger partial charge >= 0.3 is 0 Å². The molecule has 2 heterocycles. The summed E-state index contributed by atoms with van der Waals surface area (Å²) in [4.78, 5) is 2.39. The summed E-state index contributed by atoms with van der Waals surface area (Å²) in [6.07, 6.45) is 1.42. The van der Waals surface area contributed by atoms with Gasteiger partial charge in [0, 0.05) is 36.0 Å². The molecule has 0 amide bonds. The van der Waals surface area contributed by atoms with E-state index >= 15 is 0 Å². The Morgan fingerprint density at radius 2 is 1.72 bits per heavy atom. The summed E-state index contributed by atoms with van der Waals surface area (Å²) in [6.45, 7) is 7.75. The molecule has 140 valence electrons. The molecule has 1 aromatic rings. The van der Waals surface area contributed by atoms with Crippen LogP contribution < -0.4 is 0 Å². The fourth-order valence-corrected chi connectivity index (χ4v) is 6.38. The van der Waals surface area contributed by atoms with Gasteiger partial charge in [0.05, 0.1) is 17.1 Å². The first-order valence-electron chi connectivity index (χ1n) is 9.07. The normalized spacial score (nSPS) is 34.1.